The molecular formula is C16H15N3OS. The average Bonchev–Trinajstić information content (AvgIpc) is 2.99. The van der Waals surface area contributed by atoms with Crippen LogP contribution < -0.4 is 5.56 Å². The first-order chi connectivity index (χ1) is 10.3. The maximum Gasteiger partial charge on any atom is 0.288 e. The third kappa shape index (κ3) is 1.92. The second kappa shape index (κ2) is 4.77. The van der Waals surface area contributed by atoms with Crippen molar-refractivity contribution in [3.8, 4) is 11.3 Å². The molecule has 0 N–H and O–H groups in total. The van der Waals surface area contributed by atoms with Gasteiger partial charge in [0.1, 0.15) is 5.65 Å². The molecule has 0 radical (unpaired) electrons. The van der Waals surface area contributed by atoms with E-state index < -0.39 is 0 Å². The highest BCUT2D eigenvalue weighted by Gasteiger charge is 2.20. The molecule has 3 aromatic rings. The highest BCUT2D eigenvalue weighted by atomic mass is 32.2. The Bertz CT molecular complexity index is 880. The van der Waals surface area contributed by atoms with Gasteiger partial charge < -0.3 is 4.57 Å². The predicted molar refractivity (Wildman–Crippen MR) is 84.9 cm³/mol. The van der Waals surface area contributed by atoms with E-state index >= 15 is 0 Å². The molecule has 106 valence electrons. The molecule has 0 fully saturated rings. The van der Waals surface area contributed by atoms with Gasteiger partial charge in [-0.15, -0.1) is 11.8 Å². The Hall–Kier alpha value is -2.01. The summed E-state index contributed by atoms with van der Waals surface area (Å²) < 4.78 is 3.65. The largest absolute Gasteiger partial charge is 0.332 e. The average molecular weight is 297 g/mol. The van der Waals surface area contributed by atoms with Crippen LogP contribution in [0.5, 0.6) is 0 Å². The molecule has 2 aromatic heterocycles. The molecule has 1 aromatic carbocycles. The van der Waals surface area contributed by atoms with Crippen molar-refractivity contribution in [2.24, 2.45) is 7.05 Å². The van der Waals surface area contributed by atoms with Crippen LogP contribution in [0.1, 0.15) is 12.1 Å². The van der Waals surface area contributed by atoms with Crippen LogP contribution >= 0.6 is 11.8 Å². The smallest absolute Gasteiger partial charge is 0.288 e. The van der Waals surface area contributed by atoms with E-state index in [9.17, 15) is 4.79 Å². The van der Waals surface area contributed by atoms with Crippen molar-refractivity contribution in [1.29, 1.82) is 0 Å². The normalized spacial score (nSPS) is 14.3. The molecule has 0 atom stereocenters. The van der Waals surface area contributed by atoms with Gasteiger partial charge in [-0.3, -0.25) is 4.79 Å². The van der Waals surface area contributed by atoms with Gasteiger partial charge in [-0.2, -0.15) is 9.61 Å². The zero-order valence-corrected chi connectivity index (χ0v) is 12.6. The second-order valence-electron chi connectivity index (χ2n) is 5.26. The summed E-state index contributed by atoms with van der Waals surface area (Å²) in [7, 11) is 2.02. The lowest BCUT2D eigenvalue weighted by molar-refractivity contribution is 0.701. The first-order valence-electron chi connectivity index (χ1n) is 7.05. The standard InChI is InChI=1S/C16H15N3OS/c1-18-13-8-5-9-21-15(13)16(20)19-14(18)10-12(17-19)11-6-3-2-4-7-11/h2-4,6-7,10H,5,8-9H2,1H3. The summed E-state index contributed by atoms with van der Waals surface area (Å²) in [5.41, 5.74) is 3.90. The SMILES string of the molecule is Cn1c2c(c(=O)n3nc(-c4ccccc4)cc13)SCCC2. The van der Waals surface area contributed by atoms with E-state index in [-0.39, 0.29) is 5.56 Å². The van der Waals surface area contributed by atoms with Gasteiger partial charge >= 0.3 is 0 Å². The Morgan fingerprint density at radius 3 is 2.86 bits per heavy atom. The summed E-state index contributed by atoms with van der Waals surface area (Å²) in [6.45, 7) is 0. The molecule has 21 heavy (non-hydrogen) atoms. The fourth-order valence-corrected chi connectivity index (χ4v) is 3.97. The monoisotopic (exact) mass is 297 g/mol. The van der Waals surface area contributed by atoms with Crippen molar-refractivity contribution in [2.45, 2.75) is 17.7 Å². The third-order valence-electron chi connectivity index (χ3n) is 3.96. The molecule has 5 heteroatoms. The molecule has 0 saturated heterocycles. The molecule has 0 unspecified atom stereocenters. The van der Waals surface area contributed by atoms with E-state index in [4.69, 9.17) is 0 Å². The highest BCUT2D eigenvalue weighted by molar-refractivity contribution is 7.99. The second-order valence-corrected chi connectivity index (χ2v) is 6.36. The molecule has 3 heterocycles. The molecule has 0 saturated carbocycles. The van der Waals surface area contributed by atoms with Gasteiger partial charge in [0.25, 0.3) is 5.56 Å². The number of aryl methyl sites for hydroxylation is 1. The quantitative estimate of drug-likeness (QED) is 0.693. The van der Waals surface area contributed by atoms with E-state index in [2.05, 4.69) is 9.67 Å². The van der Waals surface area contributed by atoms with Gasteiger partial charge in [-0.1, -0.05) is 30.3 Å². The van der Waals surface area contributed by atoms with Crippen LogP contribution in [0.4, 0.5) is 0 Å². The minimum atomic E-state index is 0.0185. The Kier molecular flexibility index (Phi) is 2.89. The lowest BCUT2D eigenvalue weighted by atomic mass is 10.1. The number of aromatic nitrogens is 3. The van der Waals surface area contributed by atoms with Crippen molar-refractivity contribution in [3.63, 3.8) is 0 Å². The van der Waals surface area contributed by atoms with E-state index in [1.54, 1.807) is 16.3 Å². The number of fused-ring (bicyclic) bond motifs is 2. The summed E-state index contributed by atoms with van der Waals surface area (Å²) in [6.07, 6.45) is 2.09. The molecule has 4 rings (SSSR count). The number of hydrogen-bond donors (Lipinski definition) is 0. The number of hydrogen-bond acceptors (Lipinski definition) is 3. The van der Waals surface area contributed by atoms with Gasteiger partial charge in [-0.05, 0) is 18.6 Å². The van der Waals surface area contributed by atoms with E-state index in [0.717, 1.165) is 46.1 Å². The van der Waals surface area contributed by atoms with Crippen LogP contribution in [-0.4, -0.2) is 19.9 Å². The first kappa shape index (κ1) is 12.7. The number of rotatable bonds is 1. The summed E-state index contributed by atoms with van der Waals surface area (Å²) in [4.78, 5) is 13.5. The first-order valence-corrected chi connectivity index (χ1v) is 8.04. The van der Waals surface area contributed by atoms with Crippen LogP contribution in [0.3, 0.4) is 0 Å². The van der Waals surface area contributed by atoms with Crippen LogP contribution in [0, 0.1) is 0 Å². The van der Waals surface area contributed by atoms with Gasteiger partial charge in [-0.25, -0.2) is 0 Å². The fourth-order valence-electron chi connectivity index (χ4n) is 2.86. The van der Waals surface area contributed by atoms with Crippen LogP contribution in [0.2, 0.25) is 0 Å². The molecule has 0 aliphatic carbocycles. The van der Waals surface area contributed by atoms with Crippen molar-refractivity contribution in [2.75, 3.05) is 5.75 Å². The lowest BCUT2D eigenvalue weighted by Gasteiger charge is -2.18. The minimum absolute atomic E-state index is 0.0185. The molecular weight excluding hydrogens is 282 g/mol. The summed E-state index contributed by atoms with van der Waals surface area (Å²) in [5, 5.41) is 4.52. The Labute approximate surface area is 126 Å². The molecule has 1 aliphatic heterocycles. The Balaban J connectivity index is 2.02. The molecule has 1 aliphatic rings. The fraction of sp³-hybridized carbons (Fsp3) is 0.250. The zero-order valence-electron chi connectivity index (χ0n) is 11.7. The van der Waals surface area contributed by atoms with E-state index in [1.807, 2.05) is 43.4 Å². The highest BCUT2D eigenvalue weighted by Crippen LogP contribution is 2.28. The maximum atomic E-state index is 12.6. The van der Waals surface area contributed by atoms with Gasteiger partial charge in [0.15, 0.2) is 0 Å². The van der Waals surface area contributed by atoms with Crippen molar-refractivity contribution in [3.05, 3.63) is 52.4 Å². The van der Waals surface area contributed by atoms with E-state index in [1.165, 1.54) is 0 Å². The van der Waals surface area contributed by atoms with Crippen LogP contribution in [-0.2, 0) is 13.5 Å². The van der Waals surface area contributed by atoms with Gasteiger partial charge in [0.2, 0.25) is 0 Å². The van der Waals surface area contributed by atoms with Gasteiger partial charge in [0, 0.05) is 24.4 Å². The Morgan fingerprint density at radius 2 is 2.05 bits per heavy atom. The van der Waals surface area contributed by atoms with Gasteiger partial charge in [0.05, 0.1) is 10.6 Å². The topological polar surface area (TPSA) is 39.3 Å². The third-order valence-corrected chi connectivity index (χ3v) is 5.15. The maximum absolute atomic E-state index is 12.6. The van der Waals surface area contributed by atoms with Crippen LogP contribution in [0.25, 0.3) is 16.9 Å². The minimum Gasteiger partial charge on any atom is -0.332 e. The molecule has 0 amide bonds. The number of thioether (sulfide) groups is 1. The van der Waals surface area contributed by atoms with Crippen molar-refractivity contribution >= 4 is 17.4 Å². The predicted octanol–water partition coefficient (Wildman–Crippen LogP) is 2.74. The van der Waals surface area contributed by atoms with E-state index in [0.29, 0.717) is 0 Å². The van der Waals surface area contributed by atoms with Crippen molar-refractivity contribution < 1.29 is 0 Å². The number of benzene rings is 1. The molecule has 4 nitrogen and oxygen atoms in total. The van der Waals surface area contributed by atoms with Crippen LogP contribution in [0.15, 0.2) is 46.1 Å². The summed E-state index contributed by atoms with van der Waals surface area (Å²) in [5.74, 6) is 1.01. The molecule has 0 spiro atoms. The van der Waals surface area contributed by atoms with Crippen molar-refractivity contribution in [1.82, 2.24) is 14.2 Å². The summed E-state index contributed by atoms with van der Waals surface area (Å²) >= 11 is 1.66. The zero-order chi connectivity index (χ0) is 14.4. The molecule has 0 bridgehead atoms. The Morgan fingerprint density at radius 1 is 1.24 bits per heavy atom. The number of nitrogens with zero attached hydrogens (tertiary/aromatic N) is 3. The lowest BCUT2D eigenvalue weighted by Crippen LogP contribution is -2.25. The summed E-state index contributed by atoms with van der Waals surface area (Å²) in [6, 6.07) is 12.0.